The maximum absolute atomic E-state index is 11.7. The first-order valence-electron chi connectivity index (χ1n) is 23.4. The Morgan fingerprint density at radius 3 is 0.962 bits per heavy atom. The van der Waals surface area contributed by atoms with E-state index in [4.69, 9.17) is 18.4 Å². The van der Waals surface area contributed by atoms with Crippen LogP contribution in [0.1, 0.15) is 55.3 Å². The molecule has 0 fully saturated rings. The van der Waals surface area contributed by atoms with E-state index in [2.05, 4.69) is 78.1 Å². The number of hydrogen-bond acceptors (Lipinski definition) is 16. The van der Waals surface area contributed by atoms with Crippen LogP contribution in [0.2, 0.25) is 0 Å². The Balaban J connectivity index is 0.000000184. The van der Waals surface area contributed by atoms with Crippen LogP contribution < -0.4 is 32.2 Å². The lowest BCUT2D eigenvalue weighted by atomic mass is 10.1. The van der Waals surface area contributed by atoms with Gasteiger partial charge in [-0.2, -0.15) is 30.6 Å². The predicted octanol–water partition coefficient (Wildman–Crippen LogP) is 4.65. The van der Waals surface area contributed by atoms with Crippen molar-refractivity contribution >= 4 is 54.1 Å². The Hall–Kier alpha value is -11.1. The lowest BCUT2D eigenvalue weighted by Gasteiger charge is -2.02. The number of amides is 6. The molecule has 0 aliphatic rings. The minimum atomic E-state index is -0.467. The molecule has 0 aliphatic heterocycles. The first-order chi connectivity index (χ1) is 38.1. The van der Waals surface area contributed by atoms with Gasteiger partial charge < -0.3 is 34.3 Å². The number of hydrazone groups is 3. The number of aromatic nitrogens is 6. The van der Waals surface area contributed by atoms with E-state index in [1.54, 1.807) is 43.7 Å². The fourth-order valence-electron chi connectivity index (χ4n) is 6.29. The third kappa shape index (κ3) is 18.1. The molecule has 0 saturated carbocycles. The summed E-state index contributed by atoms with van der Waals surface area (Å²) in [5.41, 5.74) is 14.5. The van der Waals surface area contributed by atoms with Crippen LogP contribution in [0.3, 0.4) is 0 Å². The number of aromatic amines is 3. The van der Waals surface area contributed by atoms with Crippen molar-refractivity contribution in [1.29, 1.82) is 0 Å². The monoisotopic (exact) mass is 1060 g/mol. The number of benzene rings is 3. The summed E-state index contributed by atoms with van der Waals surface area (Å²) < 4.78 is 14.8. The summed E-state index contributed by atoms with van der Waals surface area (Å²) in [7, 11) is 0. The van der Waals surface area contributed by atoms with Crippen molar-refractivity contribution in [3.05, 3.63) is 199 Å². The summed E-state index contributed by atoms with van der Waals surface area (Å²) in [4.78, 5) is 70.0. The van der Waals surface area contributed by atoms with Gasteiger partial charge in [-0.1, -0.05) is 91.0 Å². The average molecular weight is 1060 g/mol. The Bertz CT molecular complexity index is 2980. The third-order valence-electron chi connectivity index (χ3n) is 9.84. The summed E-state index contributed by atoms with van der Waals surface area (Å²) in [5.74, 6) is -2.35. The molecule has 0 spiro atoms. The van der Waals surface area contributed by atoms with Crippen molar-refractivity contribution in [2.24, 2.45) is 15.3 Å². The second-order valence-electron chi connectivity index (χ2n) is 15.4. The molecule has 0 unspecified atom stereocenters. The van der Waals surface area contributed by atoms with Gasteiger partial charge in [-0.25, -0.2) is 16.3 Å². The molecule has 3 aromatic carbocycles. The third-order valence-corrected chi connectivity index (χ3v) is 9.84. The second-order valence-corrected chi connectivity index (χ2v) is 15.4. The number of rotatable bonds is 18. The molecule has 0 atom stereocenters. The summed E-state index contributed by atoms with van der Waals surface area (Å²) in [5, 5.41) is 47.1. The van der Waals surface area contributed by atoms with E-state index in [0.717, 1.165) is 50.5 Å². The van der Waals surface area contributed by atoms with E-state index in [0.29, 0.717) is 0 Å². The van der Waals surface area contributed by atoms with E-state index in [1.807, 2.05) is 91.0 Å². The molecule has 78 heavy (non-hydrogen) atoms. The van der Waals surface area contributed by atoms with Crippen LogP contribution in [0.15, 0.2) is 193 Å². The van der Waals surface area contributed by atoms with Crippen molar-refractivity contribution in [2.45, 2.75) is 6.92 Å². The van der Waals surface area contributed by atoms with Gasteiger partial charge in [0.05, 0.1) is 92.7 Å². The molecule has 6 heterocycles. The van der Waals surface area contributed by atoms with Gasteiger partial charge in [-0.15, -0.1) is 0 Å². The lowest BCUT2D eigenvalue weighted by Crippen LogP contribution is -2.34. The molecule has 0 saturated heterocycles. The van der Waals surface area contributed by atoms with Crippen molar-refractivity contribution in [3.8, 4) is 33.8 Å². The number of carbonyl (C=O) groups is 6. The molecule has 398 valence electrons. The molecule has 0 bridgehead atoms. The van der Waals surface area contributed by atoms with Crippen LogP contribution in [0, 0.1) is 0 Å². The maximum atomic E-state index is 11.7. The number of aliphatic hydroxyl groups excluding tert-OH is 1. The zero-order valence-corrected chi connectivity index (χ0v) is 41.5. The van der Waals surface area contributed by atoms with Gasteiger partial charge >= 0.3 is 0 Å². The lowest BCUT2D eigenvalue weighted by molar-refractivity contribution is -0.120. The van der Waals surface area contributed by atoms with Gasteiger partial charge in [0.25, 0.3) is 35.4 Å². The van der Waals surface area contributed by atoms with Gasteiger partial charge in [-0.05, 0) is 43.3 Å². The Morgan fingerprint density at radius 1 is 0.449 bits per heavy atom. The molecule has 6 amide bonds. The standard InChI is InChI=1S/3C17H15N5O3.C2H6O/c3*23-15(11-18-17(24)14-7-4-8-25-14)21-19-9-13-10-20-22-16(13)12-5-2-1-3-6-12;1-2-3/h3*1-10H,11H2,(H,18,24)(H,20,22)(H,21,23);3H,2H2,1H3/b3*19-9+;. The zero-order chi connectivity index (χ0) is 55.2. The SMILES string of the molecule is CCO.O=C(CNC(=O)c1ccco1)N/N=C/c1cn[nH]c1-c1ccccc1.O=C(CNC(=O)c1ccco1)N/N=C/c1cn[nH]c1-c1ccccc1.O=C(CNC(=O)c1ccco1)N/N=C/c1cn[nH]c1-c1ccccc1. The Kier molecular flexibility index (Phi) is 22.2. The van der Waals surface area contributed by atoms with Gasteiger partial charge in [-0.3, -0.25) is 44.1 Å². The highest BCUT2D eigenvalue weighted by atomic mass is 16.3. The van der Waals surface area contributed by atoms with Crippen LogP contribution >= 0.6 is 0 Å². The highest BCUT2D eigenvalue weighted by molar-refractivity contribution is 5.97. The van der Waals surface area contributed by atoms with Crippen LogP contribution in [-0.2, 0) is 14.4 Å². The topological polar surface area (TPSA) is 357 Å². The van der Waals surface area contributed by atoms with Crippen LogP contribution in [0.25, 0.3) is 33.8 Å². The normalized spacial score (nSPS) is 10.5. The van der Waals surface area contributed by atoms with Crippen molar-refractivity contribution < 1.29 is 47.1 Å². The van der Waals surface area contributed by atoms with E-state index >= 15 is 0 Å². The number of furan rings is 3. The minimum Gasteiger partial charge on any atom is -0.459 e. The second kappa shape index (κ2) is 30.8. The van der Waals surface area contributed by atoms with Crippen LogP contribution in [-0.4, -0.2) is 116 Å². The molecule has 0 aliphatic carbocycles. The first kappa shape index (κ1) is 56.2. The molecule has 9 rings (SSSR count). The molecule has 6 aromatic heterocycles. The average Bonchev–Trinajstić information content (AvgIpc) is 4.34. The minimum absolute atomic E-state index is 0.141. The largest absolute Gasteiger partial charge is 0.459 e. The van der Waals surface area contributed by atoms with E-state index in [-0.39, 0.29) is 43.5 Å². The first-order valence-corrected chi connectivity index (χ1v) is 23.4. The zero-order valence-electron chi connectivity index (χ0n) is 41.5. The van der Waals surface area contributed by atoms with Crippen molar-refractivity contribution in [2.75, 3.05) is 26.2 Å². The highest BCUT2D eigenvalue weighted by Crippen LogP contribution is 2.21. The van der Waals surface area contributed by atoms with E-state index in [9.17, 15) is 28.8 Å². The van der Waals surface area contributed by atoms with Gasteiger partial charge in [0, 0.05) is 40.0 Å². The van der Waals surface area contributed by atoms with E-state index < -0.39 is 35.4 Å². The van der Waals surface area contributed by atoms with Gasteiger partial charge in [0.2, 0.25) is 0 Å². The number of H-pyrrole nitrogens is 3. The fraction of sp³-hybridized carbons (Fsp3) is 0.0943. The number of carbonyl (C=O) groups excluding carboxylic acids is 6. The summed E-state index contributed by atoms with van der Waals surface area (Å²) in [6.45, 7) is 1.29. The van der Waals surface area contributed by atoms with Crippen molar-refractivity contribution in [1.82, 2.24) is 62.8 Å². The highest BCUT2D eigenvalue weighted by Gasteiger charge is 2.13. The van der Waals surface area contributed by atoms with E-state index in [1.165, 1.54) is 55.6 Å². The van der Waals surface area contributed by atoms with Crippen LogP contribution in [0.5, 0.6) is 0 Å². The predicted molar refractivity (Wildman–Crippen MR) is 285 cm³/mol. The maximum Gasteiger partial charge on any atom is 0.287 e. The quantitative estimate of drug-likeness (QED) is 0.0414. The van der Waals surface area contributed by atoms with Gasteiger partial charge in [0.15, 0.2) is 17.3 Å². The number of aliphatic hydroxyl groups is 1. The molecule has 0 radical (unpaired) electrons. The fourth-order valence-corrected chi connectivity index (χ4v) is 6.29. The smallest absolute Gasteiger partial charge is 0.287 e. The molecule has 25 heteroatoms. The van der Waals surface area contributed by atoms with Crippen LogP contribution in [0.4, 0.5) is 0 Å². The molecular weight excluding hydrogens is 1010 g/mol. The number of hydrogen-bond donors (Lipinski definition) is 10. The molecule has 10 N–H and O–H groups in total. The molecule has 9 aromatic rings. The Morgan fingerprint density at radius 2 is 0.718 bits per heavy atom. The van der Waals surface area contributed by atoms with Gasteiger partial charge in [0.1, 0.15) is 0 Å². The molecule has 25 nitrogen and oxygen atoms in total. The Labute approximate surface area is 443 Å². The molecular formula is C53H51N15O10. The summed E-state index contributed by atoms with van der Waals surface area (Å²) in [6, 6.07) is 38.2. The summed E-state index contributed by atoms with van der Waals surface area (Å²) in [6.07, 6.45) is 13.4. The number of nitrogens with zero attached hydrogens (tertiary/aromatic N) is 6. The summed E-state index contributed by atoms with van der Waals surface area (Å²) >= 11 is 0. The number of nitrogens with one attached hydrogen (secondary N) is 9. The van der Waals surface area contributed by atoms with Crippen molar-refractivity contribution in [3.63, 3.8) is 0 Å².